The molecular formula is C15H13N3O2S. The molecule has 3 aromatic rings. The topological polar surface area (TPSA) is 64.1 Å². The Hall–Kier alpha value is -2.47. The van der Waals surface area contributed by atoms with E-state index in [0.717, 1.165) is 21.7 Å². The number of carbonyl (C=O) groups is 1. The molecule has 0 spiro atoms. The predicted octanol–water partition coefficient (Wildman–Crippen LogP) is 3.53. The second-order valence-corrected chi connectivity index (χ2v) is 5.73. The number of nitrogens with zero attached hydrogens (tertiary/aromatic N) is 2. The van der Waals surface area contributed by atoms with Crippen LogP contribution in [0, 0.1) is 6.92 Å². The summed E-state index contributed by atoms with van der Waals surface area (Å²) in [5, 5.41) is 4.25. The molecule has 0 bridgehead atoms. The summed E-state index contributed by atoms with van der Waals surface area (Å²) in [7, 11) is 1.37. The molecule has 0 aliphatic heterocycles. The SMILES string of the molecule is COC(=O)c1ccc(Nc2ncnc3sc(C)cc23)cc1. The average molecular weight is 299 g/mol. The summed E-state index contributed by atoms with van der Waals surface area (Å²) in [5.74, 6) is 0.412. The van der Waals surface area contributed by atoms with Gasteiger partial charge in [0.25, 0.3) is 0 Å². The summed E-state index contributed by atoms with van der Waals surface area (Å²) < 4.78 is 4.68. The van der Waals surface area contributed by atoms with Crippen LogP contribution in [0.3, 0.4) is 0 Å². The van der Waals surface area contributed by atoms with Crippen LogP contribution < -0.4 is 5.32 Å². The molecule has 1 aromatic carbocycles. The van der Waals surface area contributed by atoms with Crippen LogP contribution in [0.1, 0.15) is 15.2 Å². The van der Waals surface area contributed by atoms with Gasteiger partial charge in [0.15, 0.2) is 0 Å². The van der Waals surface area contributed by atoms with Crippen molar-refractivity contribution in [2.45, 2.75) is 6.92 Å². The Bertz CT molecular complexity index is 796. The molecule has 0 aliphatic rings. The summed E-state index contributed by atoms with van der Waals surface area (Å²) in [6, 6.07) is 9.13. The number of anilines is 2. The number of aromatic nitrogens is 2. The molecule has 6 heteroatoms. The third kappa shape index (κ3) is 2.71. The molecular weight excluding hydrogens is 286 g/mol. The molecule has 0 unspecified atom stereocenters. The van der Waals surface area contributed by atoms with Gasteiger partial charge in [-0.15, -0.1) is 11.3 Å². The molecule has 5 nitrogen and oxygen atoms in total. The molecule has 2 aromatic heterocycles. The number of thiophene rings is 1. The number of benzene rings is 1. The van der Waals surface area contributed by atoms with Crippen molar-refractivity contribution in [1.29, 1.82) is 0 Å². The van der Waals surface area contributed by atoms with Crippen molar-refractivity contribution in [2.75, 3.05) is 12.4 Å². The van der Waals surface area contributed by atoms with E-state index in [1.807, 2.05) is 19.1 Å². The Morgan fingerprint density at radius 3 is 2.71 bits per heavy atom. The molecule has 0 fully saturated rings. The molecule has 0 saturated heterocycles. The van der Waals surface area contributed by atoms with Crippen molar-refractivity contribution in [1.82, 2.24) is 9.97 Å². The van der Waals surface area contributed by atoms with Crippen molar-refractivity contribution in [3.8, 4) is 0 Å². The minimum Gasteiger partial charge on any atom is -0.465 e. The maximum Gasteiger partial charge on any atom is 0.337 e. The highest BCUT2D eigenvalue weighted by molar-refractivity contribution is 7.18. The van der Waals surface area contributed by atoms with E-state index in [1.54, 1.807) is 29.8 Å². The summed E-state index contributed by atoms with van der Waals surface area (Å²) in [4.78, 5) is 22.1. The highest BCUT2D eigenvalue weighted by atomic mass is 32.1. The maximum atomic E-state index is 11.4. The lowest BCUT2D eigenvalue weighted by Crippen LogP contribution is -2.01. The van der Waals surface area contributed by atoms with E-state index < -0.39 is 0 Å². The van der Waals surface area contributed by atoms with Crippen LogP contribution in [-0.2, 0) is 4.74 Å². The summed E-state index contributed by atoms with van der Waals surface area (Å²) in [5.41, 5.74) is 1.37. The van der Waals surface area contributed by atoms with E-state index in [4.69, 9.17) is 0 Å². The number of aryl methyl sites for hydroxylation is 1. The Balaban J connectivity index is 1.90. The fourth-order valence-electron chi connectivity index (χ4n) is 2.02. The number of hydrogen-bond acceptors (Lipinski definition) is 6. The van der Waals surface area contributed by atoms with E-state index in [2.05, 4.69) is 26.1 Å². The van der Waals surface area contributed by atoms with Gasteiger partial charge in [0.2, 0.25) is 0 Å². The zero-order valence-electron chi connectivity index (χ0n) is 11.6. The normalized spacial score (nSPS) is 10.6. The lowest BCUT2D eigenvalue weighted by molar-refractivity contribution is 0.0601. The molecule has 0 radical (unpaired) electrons. The van der Waals surface area contributed by atoms with Gasteiger partial charge in [-0.25, -0.2) is 14.8 Å². The largest absolute Gasteiger partial charge is 0.465 e. The molecule has 3 rings (SSSR count). The Kier molecular flexibility index (Phi) is 3.53. The fraction of sp³-hybridized carbons (Fsp3) is 0.133. The number of hydrogen-bond donors (Lipinski definition) is 1. The first-order valence-corrected chi connectivity index (χ1v) is 7.15. The molecule has 0 amide bonds. The monoisotopic (exact) mass is 299 g/mol. The highest BCUT2D eigenvalue weighted by Gasteiger charge is 2.08. The smallest absolute Gasteiger partial charge is 0.337 e. The standard InChI is InChI=1S/C15H13N3O2S/c1-9-7-12-13(16-8-17-14(12)21-9)18-11-5-3-10(4-6-11)15(19)20-2/h3-8H,1-2H3,(H,16,17,18). The van der Waals surface area contributed by atoms with Crippen LogP contribution in [0.25, 0.3) is 10.2 Å². The number of carbonyl (C=O) groups excluding carboxylic acids is 1. The third-order valence-corrected chi connectivity index (χ3v) is 3.98. The van der Waals surface area contributed by atoms with Crippen molar-refractivity contribution >= 4 is 39.0 Å². The number of fused-ring (bicyclic) bond motifs is 1. The molecule has 0 saturated carbocycles. The molecule has 106 valence electrons. The first kappa shape index (κ1) is 13.5. The van der Waals surface area contributed by atoms with Crippen molar-refractivity contribution in [3.05, 3.63) is 47.1 Å². The lowest BCUT2D eigenvalue weighted by atomic mass is 10.2. The molecule has 21 heavy (non-hydrogen) atoms. The molecule has 0 aliphatic carbocycles. The van der Waals surface area contributed by atoms with Crippen LogP contribution >= 0.6 is 11.3 Å². The minimum absolute atomic E-state index is 0.348. The fourth-order valence-corrected chi connectivity index (χ4v) is 2.87. The summed E-state index contributed by atoms with van der Waals surface area (Å²) in [6.45, 7) is 2.04. The number of methoxy groups -OCH3 is 1. The molecule has 1 N–H and O–H groups in total. The van der Waals surface area contributed by atoms with Gasteiger partial charge in [0.05, 0.1) is 18.1 Å². The number of rotatable bonds is 3. The Morgan fingerprint density at radius 2 is 2.00 bits per heavy atom. The summed E-state index contributed by atoms with van der Waals surface area (Å²) in [6.07, 6.45) is 1.55. The molecule has 2 heterocycles. The summed E-state index contributed by atoms with van der Waals surface area (Å²) >= 11 is 1.63. The van der Waals surface area contributed by atoms with E-state index in [9.17, 15) is 4.79 Å². The van der Waals surface area contributed by atoms with Gasteiger partial charge in [0, 0.05) is 10.6 Å². The highest BCUT2D eigenvalue weighted by Crippen LogP contribution is 2.29. The van der Waals surface area contributed by atoms with Gasteiger partial charge in [-0.2, -0.15) is 0 Å². The van der Waals surface area contributed by atoms with Gasteiger partial charge in [-0.1, -0.05) is 0 Å². The van der Waals surface area contributed by atoms with Crippen LogP contribution in [0.5, 0.6) is 0 Å². The second-order valence-electron chi connectivity index (χ2n) is 4.49. The zero-order chi connectivity index (χ0) is 14.8. The van der Waals surface area contributed by atoms with Gasteiger partial charge in [-0.05, 0) is 37.3 Å². The quantitative estimate of drug-likeness (QED) is 0.749. The van der Waals surface area contributed by atoms with E-state index in [-0.39, 0.29) is 5.97 Å². The van der Waals surface area contributed by atoms with E-state index in [0.29, 0.717) is 5.56 Å². The van der Waals surface area contributed by atoms with E-state index >= 15 is 0 Å². The third-order valence-electron chi connectivity index (χ3n) is 3.02. The number of ether oxygens (including phenoxy) is 1. The van der Waals surface area contributed by atoms with Crippen LogP contribution in [0.2, 0.25) is 0 Å². The lowest BCUT2D eigenvalue weighted by Gasteiger charge is -2.07. The predicted molar refractivity (Wildman–Crippen MR) is 83.2 cm³/mol. The Morgan fingerprint density at radius 1 is 1.24 bits per heavy atom. The number of esters is 1. The van der Waals surface area contributed by atoms with Gasteiger partial charge >= 0.3 is 5.97 Å². The van der Waals surface area contributed by atoms with Gasteiger partial charge < -0.3 is 10.1 Å². The van der Waals surface area contributed by atoms with Crippen molar-refractivity contribution in [3.63, 3.8) is 0 Å². The zero-order valence-corrected chi connectivity index (χ0v) is 12.4. The molecule has 0 atom stereocenters. The van der Waals surface area contributed by atoms with Crippen molar-refractivity contribution < 1.29 is 9.53 Å². The van der Waals surface area contributed by atoms with Crippen LogP contribution in [-0.4, -0.2) is 23.0 Å². The van der Waals surface area contributed by atoms with Crippen LogP contribution in [0.15, 0.2) is 36.7 Å². The average Bonchev–Trinajstić information content (AvgIpc) is 2.88. The van der Waals surface area contributed by atoms with Gasteiger partial charge in [0.1, 0.15) is 17.0 Å². The first-order chi connectivity index (χ1) is 10.2. The van der Waals surface area contributed by atoms with Crippen LogP contribution in [0.4, 0.5) is 11.5 Å². The van der Waals surface area contributed by atoms with Crippen molar-refractivity contribution in [2.24, 2.45) is 0 Å². The second kappa shape index (κ2) is 5.49. The van der Waals surface area contributed by atoms with Gasteiger partial charge in [-0.3, -0.25) is 0 Å². The van der Waals surface area contributed by atoms with E-state index in [1.165, 1.54) is 12.0 Å². The minimum atomic E-state index is -0.348. The Labute approximate surface area is 125 Å². The first-order valence-electron chi connectivity index (χ1n) is 6.34. The maximum absolute atomic E-state index is 11.4. The number of nitrogens with one attached hydrogen (secondary N) is 1.